The number of aliphatic hydroxyl groups is 1. The Hall–Kier alpha value is -0.870. The third-order valence-corrected chi connectivity index (χ3v) is 4.91. The van der Waals surface area contributed by atoms with E-state index >= 15 is 0 Å². The summed E-state index contributed by atoms with van der Waals surface area (Å²) in [6.07, 6.45) is 21.6. The minimum absolute atomic E-state index is 0.0408. The van der Waals surface area contributed by atoms with Gasteiger partial charge in [-0.15, -0.1) is 0 Å². The lowest BCUT2D eigenvalue weighted by atomic mass is 10.1. The fourth-order valence-corrected chi connectivity index (χ4v) is 2.95. The standard InChI is InChI=1S/C22H44N2O2/c1-3-4-5-6-7-8-9-10-11-12-13-14-15-16-17-18-22(26)24-20(2)21(23)19-25/h10-11,20-21,25H,3-9,12-19,23H2,1-2H3,(H,24,26). The van der Waals surface area contributed by atoms with Crippen LogP contribution in [0.3, 0.4) is 0 Å². The Morgan fingerprint density at radius 3 is 1.96 bits per heavy atom. The highest BCUT2D eigenvalue weighted by Gasteiger charge is 2.13. The molecule has 0 aromatic carbocycles. The van der Waals surface area contributed by atoms with E-state index < -0.39 is 0 Å². The smallest absolute Gasteiger partial charge is 0.220 e. The third-order valence-electron chi connectivity index (χ3n) is 4.91. The summed E-state index contributed by atoms with van der Waals surface area (Å²) in [4.78, 5) is 11.8. The zero-order valence-corrected chi connectivity index (χ0v) is 17.3. The van der Waals surface area contributed by atoms with Crippen molar-refractivity contribution in [1.82, 2.24) is 5.32 Å². The van der Waals surface area contributed by atoms with Gasteiger partial charge in [0.2, 0.25) is 5.91 Å². The van der Waals surface area contributed by atoms with Crippen LogP contribution < -0.4 is 11.1 Å². The number of carbonyl (C=O) groups excluding carboxylic acids is 1. The van der Waals surface area contributed by atoms with Gasteiger partial charge < -0.3 is 16.2 Å². The second-order valence-corrected chi connectivity index (χ2v) is 7.54. The van der Waals surface area contributed by atoms with Crippen molar-refractivity contribution in [3.63, 3.8) is 0 Å². The van der Waals surface area contributed by atoms with Crippen molar-refractivity contribution in [2.24, 2.45) is 5.73 Å². The lowest BCUT2D eigenvalue weighted by molar-refractivity contribution is -0.122. The molecule has 0 radical (unpaired) electrons. The molecule has 4 heteroatoms. The van der Waals surface area contributed by atoms with Crippen molar-refractivity contribution in [2.75, 3.05) is 6.61 Å². The topological polar surface area (TPSA) is 75.4 Å². The Kier molecular flexibility index (Phi) is 18.3. The molecule has 0 saturated heterocycles. The first kappa shape index (κ1) is 25.1. The Labute approximate surface area is 162 Å². The minimum Gasteiger partial charge on any atom is -0.395 e. The van der Waals surface area contributed by atoms with Crippen LogP contribution in [0.4, 0.5) is 0 Å². The van der Waals surface area contributed by atoms with Crippen LogP contribution in [-0.2, 0) is 4.79 Å². The van der Waals surface area contributed by atoms with Crippen LogP contribution in [0.5, 0.6) is 0 Å². The molecule has 0 aliphatic rings. The molecule has 0 aromatic heterocycles. The van der Waals surface area contributed by atoms with Gasteiger partial charge in [0.25, 0.3) is 0 Å². The number of hydrogen-bond donors (Lipinski definition) is 3. The van der Waals surface area contributed by atoms with Gasteiger partial charge in [-0.1, -0.05) is 70.4 Å². The average Bonchev–Trinajstić information content (AvgIpc) is 2.64. The van der Waals surface area contributed by atoms with E-state index in [0.717, 1.165) is 12.8 Å². The summed E-state index contributed by atoms with van der Waals surface area (Å²) in [5, 5.41) is 11.8. The maximum Gasteiger partial charge on any atom is 0.220 e. The molecule has 26 heavy (non-hydrogen) atoms. The zero-order valence-electron chi connectivity index (χ0n) is 17.3. The van der Waals surface area contributed by atoms with E-state index in [-0.39, 0.29) is 24.6 Å². The van der Waals surface area contributed by atoms with Gasteiger partial charge in [0.05, 0.1) is 6.61 Å². The maximum absolute atomic E-state index is 11.8. The van der Waals surface area contributed by atoms with E-state index in [1.54, 1.807) is 0 Å². The highest BCUT2D eigenvalue weighted by molar-refractivity contribution is 5.76. The maximum atomic E-state index is 11.8. The lowest BCUT2D eigenvalue weighted by Gasteiger charge is -2.19. The molecule has 0 aliphatic carbocycles. The SMILES string of the molecule is CCCCCCCCC=CCCCCCCCC(=O)NC(C)C(N)CO. The van der Waals surface area contributed by atoms with Gasteiger partial charge in [-0.3, -0.25) is 4.79 Å². The molecule has 0 rings (SSSR count). The van der Waals surface area contributed by atoms with Crippen molar-refractivity contribution >= 4 is 5.91 Å². The molecule has 0 heterocycles. The van der Waals surface area contributed by atoms with E-state index in [4.69, 9.17) is 10.8 Å². The Bertz CT molecular complexity index is 345. The number of allylic oxidation sites excluding steroid dienone is 2. The molecule has 0 spiro atoms. The van der Waals surface area contributed by atoms with Crippen LogP contribution in [0.1, 0.15) is 104 Å². The fraction of sp³-hybridized carbons (Fsp3) is 0.864. The Morgan fingerprint density at radius 2 is 1.42 bits per heavy atom. The van der Waals surface area contributed by atoms with Crippen LogP contribution in [0, 0.1) is 0 Å². The molecule has 0 saturated carbocycles. The second-order valence-electron chi connectivity index (χ2n) is 7.54. The molecular formula is C22H44N2O2. The number of nitrogens with two attached hydrogens (primary N) is 1. The van der Waals surface area contributed by atoms with Crippen LogP contribution >= 0.6 is 0 Å². The van der Waals surface area contributed by atoms with Gasteiger partial charge in [-0.25, -0.2) is 0 Å². The first-order valence-corrected chi connectivity index (χ1v) is 10.9. The molecule has 2 atom stereocenters. The summed E-state index contributed by atoms with van der Waals surface area (Å²) < 4.78 is 0. The largest absolute Gasteiger partial charge is 0.395 e. The van der Waals surface area contributed by atoms with Crippen LogP contribution in [0.25, 0.3) is 0 Å². The van der Waals surface area contributed by atoms with Gasteiger partial charge in [0.1, 0.15) is 0 Å². The number of hydrogen-bond acceptors (Lipinski definition) is 3. The fourth-order valence-electron chi connectivity index (χ4n) is 2.95. The van der Waals surface area contributed by atoms with E-state index in [2.05, 4.69) is 24.4 Å². The van der Waals surface area contributed by atoms with Crippen molar-refractivity contribution in [3.8, 4) is 0 Å². The average molecular weight is 369 g/mol. The number of rotatable bonds is 18. The predicted octanol–water partition coefficient (Wildman–Crippen LogP) is 4.85. The van der Waals surface area contributed by atoms with Crippen molar-refractivity contribution in [2.45, 2.75) is 116 Å². The molecule has 0 fully saturated rings. The summed E-state index contributed by atoms with van der Waals surface area (Å²) in [7, 11) is 0. The normalized spacial score (nSPS) is 13.8. The summed E-state index contributed by atoms with van der Waals surface area (Å²) in [5.74, 6) is 0.0408. The van der Waals surface area contributed by atoms with E-state index in [1.807, 2.05) is 6.92 Å². The monoisotopic (exact) mass is 368 g/mol. The van der Waals surface area contributed by atoms with Gasteiger partial charge in [-0.05, 0) is 39.0 Å². The van der Waals surface area contributed by atoms with Crippen LogP contribution in [-0.4, -0.2) is 29.7 Å². The third kappa shape index (κ3) is 16.6. The molecule has 0 aliphatic heterocycles. The number of aliphatic hydroxyl groups excluding tert-OH is 1. The Morgan fingerprint density at radius 1 is 0.923 bits per heavy atom. The molecule has 0 bridgehead atoms. The lowest BCUT2D eigenvalue weighted by Crippen LogP contribution is -2.47. The van der Waals surface area contributed by atoms with Gasteiger partial charge >= 0.3 is 0 Å². The van der Waals surface area contributed by atoms with Crippen molar-refractivity contribution in [3.05, 3.63) is 12.2 Å². The summed E-state index contributed by atoms with van der Waals surface area (Å²) in [6.45, 7) is 3.99. The molecule has 4 nitrogen and oxygen atoms in total. The highest BCUT2D eigenvalue weighted by Crippen LogP contribution is 2.10. The van der Waals surface area contributed by atoms with E-state index in [9.17, 15) is 4.79 Å². The van der Waals surface area contributed by atoms with Crippen LogP contribution in [0.2, 0.25) is 0 Å². The van der Waals surface area contributed by atoms with E-state index in [1.165, 1.54) is 70.6 Å². The molecule has 154 valence electrons. The van der Waals surface area contributed by atoms with Crippen LogP contribution in [0.15, 0.2) is 12.2 Å². The number of carbonyl (C=O) groups is 1. The number of nitrogens with one attached hydrogen (secondary N) is 1. The summed E-state index contributed by atoms with van der Waals surface area (Å²) in [6, 6.07) is -0.552. The predicted molar refractivity (Wildman–Crippen MR) is 112 cm³/mol. The summed E-state index contributed by atoms with van der Waals surface area (Å²) >= 11 is 0. The van der Waals surface area contributed by atoms with E-state index in [0.29, 0.717) is 6.42 Å². The quantitative estimate of drug-likeness (QED) is 0.239. The first-order valence-electron chi connectivity index (χ1n) is 10.9. The zero-order chi connectivity index (χ0) is 19.5. The second kappa shape index (κ2) is 18.9. The van der Waals surface area contributed by atoms with Gasteiger partial charge in [0, 0.05) is 18.5 Å². The highest BCUT2D eigenvalue weighted by atomic mass is 16.3. The molecule has 4 N–H and O–H groups in total. The van der Waals surface area contributed by atoms with Gasteiger partial charge in [0.15, 0.2) is 0 Å². The first-order chi connectivity index (χ1) is 12.6. The number of unbranched alkanes of at least 4 members (excludes halogenated alkanes) is 11. The Balaban J connectivity index is 3.33. The molecular weight excluding hydrogens is 324 g/mol. The minimum atomic E-state index is -0.381. The number of amides is 1. The molecule has 0 aromatic rings. The van der Waals surface area contributed by atoms with Gasteiger partial charge in [-0.2, -0.15) is 0 Å². The molecule has 2 unspecified atom stereocenters. The van der Waals surface area contributed by atoms with Crippen molar-refractivity contribution in [1.29, 1.82) is 0 Å². The molecule has 1 amide bonds. The van der Waals surface area contributed by atoms with Crippen molar-refractivity contribution < 1.29 is 9.90 Å². The summed E-state index contributed by atoms with van der Waals surface area (Å²) in [5.41, 5.74) is 5.68.